The Balaban J connectivity index is 1.47. The molecule has 2 aliphatic rings. The number of hydrogen-bond acceptors (Lipinski definition) is 6. The van der Waals surface area contributed by atoms with Crippen LogP contribution in [0.5, 0.6) is 17.2 Å². The molecule has 2 aliphatic heterocycles. The zero-order valence-electron chi connectivity index (χ0n) is 18.9. The van der Waals surface area contributed by atoms with Crippen molar-refractivity contribution in [3.63, 3.8) is 0 Å². The Morgan fingerprint density at radius 1 is 0.968 bits per heavy atom. The predicted molar refractivity (Wildman–Crippen MR) is 118 cm³/mol. The largest absolute Gasteiger partial charge is 0.493 e. The van der Waals surface area contributed by atoms with Crippen LogP contribution in [0.25, 0.3) is 0 Å². The van der Waals surface area contributed by atoms with E-state index in [0.29, 0.717) is 48.2 Å². The lowest BCUT2D eigenvalue weighted by atomic mass is 9.93. The number of methoxy groups -OCH3 is 3. The normalized spacial score (nSPS) is 17.5. The number of rotatable bonds is 9. The number of piperidine rings is 1. The summed E-state index contributed by atoms with van der Waals surface area (Å²) in [5.74, 6) is 1.77. The second-order valence-electron chi connectivity index (χ2n) is 8.25. The van der Waals surface area contributed by atoms with Crippen molar-refractivity contribution in [3.8, 4) is 17.2 Å². The van der Waals surface area contributed by atoms with Crippen molar-refractivity contribution in [2.24, 2.45) is 5.92 Å². The van der Waals surface area contributed by atoms with Crippen LogP contribution in [0.15, 0.2) is 12.1 Å². The zero-order valence-corrected chi connectivity index (χ0v) is 18.9. The molecule has 1 N–H and O–H groups in total. The standard InChI is InChI=1S/C23H35N3O5/c1-29-19-15-18(16-20(30-2)22(19)31-3)23(28)26-11-6-17(7-12-26)14-21(27)24-8-13-25-9-4-5-10-25/h15-17H,4-14H2,1-3H3,(H,24,27). The van der Waals surface area contributed by atoms with Crippen LogP contribution in [0.4, 0.5) is 0 Å². The number of hydrogen-bond donors (Lipinski definition) is 1. The SMILES string of the molecule is COc1cc(C(=O)N2CCC(CC(=O)NCCN3CCCC3)CC2)cc(OC)c1OC. The molecule has 1 aromatic carbocycles. The first-order valence-corrected chi connectivity index (χ1v) is 11.1. The van der Waals surface area contributed by atoms with E-state index in [4.69, 9.17) is 14.2 Å². The van der Waals surface area contributed by atoms with E-state index in [9.17, 15) is 9.59 Å². The molecule has 8 heteroatoms. The molecule has 1 aromatic rings. The molecule has 3 rings (SSSR count). The minimum Gasteiger partial charge on any atom is -0.493 e. The third-order valence-electron chi connectivity index (χ3n) is 6.24. The van der Waals surface area contributed by atoms with Crippen LogP contribution < -0.4 is 19.5 Å². The van der Waals surface area contributed by atoms with Gasteiger partial charge < -0.3 is 29.3 Å². The second-order valence-corrected chi connectivity index (χ2v) is 8.25. The van der Waals surface area contributed by atoms with Crippen LogP contribution in [-0.2, 0) is 4.79 Å². The van der Waals surface area contributed by atoms with E-state index < -0.39 is 0 Å². The van der Waals surface area contributed by atoms with Gasteiger partial charge in [-0.15, -0.1) is 0 Å². The summed E-state index contributed by atoms with van der Waals surface area (Å²) in [6.07, 6.45) is 4.72. The monoisotopic (exact) mass is 433 g/mol. The number of benzene rings is 1. The molecule has 2 saturated heterocycles. The van der Waals surface area contributed by atoms with Crippen molar-refractivity contribution in [1.29, 1.82) is 0 Å². The molecule has 0 spiro atoms. The Bertz CT molecular complexity index is 731. The Kier molecular flexibility index (Phi) is 8.40. The van der Waals surface area contributed by atoms with E-state index >= 15 is 0 Å². The fourth-order valence-electron chi connectivity index (χ4n) is 4.42. The van der Waals surface area contributed by atoms with Gasteiger partial charge in [-0.05, 0) is 56.8 Å². The van der Waals surface area contributed by atoms with Crippen molar-refractivity contribution in [2.45, 2.75) is 32.1 Å². The van der Waals surface area contributed by atoms with Gasteiger partial charge in [0.15, 0.2) is 11.5 Å². The Labute approximate surface area is 184 Å². The lowest BCUT2D eigenvalue weighted by Crippen LogP contribution is -2.40. The van der Waals surface area contributed by atoms with Crippen LogP contribution in [0.2, 0.25) is 0 Å². The lowest BCUT2D eigenvalue weighted by molar-refractivity contribution is -0.122. The molecule has 0 unspecified atom stereocenters. The molecule has 2 heterocycles. The molecule has 0 aromatic heterocycles. The van der Waals surface area contributed by atoms with E-state index in [0.717, 1.165) is 39.0 Å². The van der Waals surface area contributed by atoms with Crippen molar-refractivity contribution < 1.29 is 23.8 Å². The van der Waals surface area contributed by atoms with Crippen LogP contribution in [0.3, 0.4) is 0 Å². The van der Waals surface area contributed by atoms with Crippen LogP contribution in [0.1, 0.15) is 42.5 Å². The molecule has 8 nitrogen and oxygen atoms in total. The second kappa shape index (κ2) is 11.2. The number of nitrogens with one attached hydrogen (secondary N) is 1. The van der Waals surface area contributed by atoms with Gasteiger partial charge in [0.25, 0.3) is 5.91 Å². The molecule has 2 fully saturated rings. The summed E-state index contributed by atoms with van der Waals surface area (Å²) in [4.78, 5) is 29.5. The van der Waals surface area contributed by atoms with E-state index in [2.05, 4.69) is 10.2 Å². The quantitative estimate of drug-likeness (QED) is 0.643. The van der Waals surface area contributed by atoms with Gasteiger partial charge in [0.1, 0.15) is 0 Å². The van der Waals surface area contributed by atoms with Crippen LogP contribution >= 0.6 is 0 Å². The highest BCUT2D eigenvalue weighted by Crippen LogP contribution is 2.38. The molecule has 0 bridgehead atoms. The molecule has 0 aliphatic carbocycles. The summed E-state index contributed by atoms with van der Waals surface area (Å²) >= 11 is 0. The van der Waals surface area contributed by atoms with E-state index in [1.54, 1.807) is 12.1 Å². The van der Waals surface area contributed by atoms with Crippen LogP contribution in [-0.4, -0.2) is 82.2 Å². The maximum absolute atomic E-state index is 13.0. The van der Waals surface area contributed by atoms with Gasteiger partial charge in [-0.1, -0.05) is 0 Å². The first-order valence-electron chi connectivity index (χ1n) is 11.1. The Hall–Kier alpha value is -2.48. The topological polar surface area (TPSA) is 80.3 Å². The maximum atomic E-state index is 13.0. The summed E-state index contributed by atoms with van der Waals surface area (Å²) < 4.78 is 16.0. The summed E-state index contributed by atoms with van der Waals surface area (Å²) in [5, 5.41) is 3.05. The van der Waals surface area contributed by atoms with Gasteiger partial charge in [0.05, 0.1) is 21.3 Å². The van der Waals surface area contributed by atoms with Gasteiger partial charge >= 0.3 is 0 Å². The molecular weight excluding hydrogens is 398 g/mol. The number of carbonyl (C=O) groups excluding carboxylic acids is 2. The molecule has 0 saturated carbocycles. The first kappa shape index (κ1) is 23.2. The Morgan fingerprint density at radius 3 is 2.13 bits per heavy atom. The Morgan fingerprint density at radius 2 is 1.58 bits per heavy atom. The summed E-state index contributed by atoms with van der Waals surface area (Å²) in [7, 11) is 4.61. The summed E-state index contributed by atoms with van der Waals surface area (Å²) in [6.45, 7) is 5.23. The number of likely N-dealkylation sites (tertiary alicyclic amines) is 2. The molecule has 0 atom stereocenters. The highest BCUT2D eigenvalue weighted by atomic mass is 16.5. The van der Waals surface area contributed by atoms with E-state index in [1.165, 1.54) is 34.2 Å². The van der Waals surface area contributed by atoms with E-state index in [-0.39, 0.29) is 11.8 Å². The molecule has 2 amide bonds. The average Bonchev–Trinajstić information content (AvgIpc) is 3.31. The summed E-state index contributed by atoms with van der Waals surface area (Å²) in [6, 6.07) is 3.37. The van der Waals surface area contributed by atoms with Gasteiger partial charge in [0.2, 0.25) is 11.7 Å². The van der Waals surface area contributed by atoms with Gasteiger partial charge in [-0.3, -0.25) is 9.59 Å². The molecule has 0 radical (unpaired) electrons. The van der Waals surface area contributed by atoms with Gasteiger partial charge in [0, 0.05) is 38.2 Å². The maximum Gasteiger partial charge on any atom is 0.254 e. The lowest BCUT2D eigenvalue weighted by Gasteiger charge is -2.32. The third-order valence-corrected chi connectivity index (χ3v) is 6.24. The fourth-order valence-corrected chi connectivity index (χ4v) is 4.42. The van der Waals surface area contributed by atoms with E-state index in [1.807, 2.05) is 4.90 Å². The average molecular weight is 434 g/mol. The van der Waals surface area contributed by atoms with Crippen molar-refractivity contribution in [3.05, 3.63) is 17.7 Å². The van der Waals surface area contributed by atoms with Crippen LogP contribution in [0, 0.1) is 5.92 Å². The minimum absolute atomic E-state index is 0.0623. The van der Waals surface area contributed by atoms with Gasteiger partial charge in [-0.25, -0.2) is 0 Å². The molecular formula is C23H35N3O5. The molecule has 172 valence electrons. The number of carbonyl (C=O) groups is 2. The smallest absolute Gasteiger partial charge is 0.254 e. The first-order chi connectivity index (χ1) is 15.0. The highest BCUT2D eigenvalue weighted by Gasteiger charge is 2.27. The molecule has 31 heavy (non-hydrogen) atoms. The summed E-state index contributed by atoms with van der Waals surface area (Å²) in [5.41, 5.74) is 0.507. The predicted octanol–water partition coefficient (Wildman–Crippen LogP) is 2.17. The number of nitrogens with zero attached hydrogens (tertiary/aromatic N) is 2. The van der Waals surface area contributed by atoms with Gasteiger partial charge in [-0.2, -0.15) is 0 Å². The number of ether oxygens (including phenoxy) is 3. The third kappa shape index (κ3) is 6.03. The highest BCUT2D eigenvalue weighted by molar-refractivity contribution is 5.95. The van der Waals surface area contributed by atoms with Crippen molar-refractivity contribution in [1.82, 2.24) is 15.1 Å². The zero-order chi connectivity index (χ0) is 22.2. The number of amides is 2. The minimum atomic E-state index is -0.0623. The van der Waals surface area contributed by atoms with Crippen molar-refractivity contribution in [2.75, 3.05) is 60.6 Å². The van der Waals surface area contributed by atoms with Crippen molar-refractivity contribution >= 4 is 11.8 Å². The fraction of sp³-hybridized carbons (Fsp3) is 0.652.